The number of anilines is 1. The Hall–Kier alpha value is -2.58. The second kappa shape index (κ2) is 10.1. The van der Waals surface area contributed by atoms with Crippen molar-refractivity contribution in [3.05, 3.63) is 64.7 Å². The number of alkyl halides is 3. The molecule has 0 saturated heterocycles. The Morgan fingerprint density at radius 3 is 2.25 bits per heavy atom. The van der Waals surface area contributed by atoms with E-state index >= 15 is 0 Å². The molecule has 0 radical (unpaired) electrons. The lowest BCUT2D eigenvalue weighted by atomic mass is 9.97. The molecule has 152 valence electrons. The lowest BCUT2D eigenvalue weighted by Crippen LogP contribution is -2.28. The predicted octanol–water partition coefficient (Wildman–Crippen LogP) is 3.70. The highest BCUT2D eigenvalue weighted by atomic mass is 35.5. The maximum atomic E-state index is 13.5. The second-order valence-electron chi connectivity index (χ2n) is 6.11. The fourth-order valence-corrected chi connectivity index (χ4v) is 2.78. The molecule has 9 heteroatoms. The molecule has 0 aliphatic heterocycles. The number of carbonyl (C=O) groups is 2. The third-order valence-electron chi connectivity index (χ3n) is 3.95. The van der Waals surface area contributed by atoms with Gasteiger partial charge in [0.15, 0.2) is 0 Å². The molecule has 0 aromatic heterocycles. The van der Waals surface area contributed by atoms with E-state index in [0.29, 0.717) is 12.8 Å². The Morgan fingerprint density at radius 1 is 1.11 bits per heavy atom. The minimum absolute atomic E-state index is 0. The Kier molecular flexibility index (Phi) is 8.46. The van der Waals surface area contributed by atoms with E-state index in [4.69, 9.17) is 5.84 Å². The fraction of sp³-hybridized carbons (Fsp3) is 0.263. The number of nitrogens with one attached hydrogen (secondary N) is 1. The molecule has 0 unspecified atom stereocenters. The van der Waals surface area contributed by atoms with Crippen LogP contribution in [0.4, 0.5) is 18.9 Å². The van der Waals surface area contributed by atoms with Crippen LogP contribution < -0.4 is 11.2 Å². The van der Waals surface area contributed by atoms with Crippen molar-refractivity contribution < 1.29 is 22.8 Å². The Bertz CT molecular complexity index is 811. The molecular formula is C19H21ClF3N3O2. The Balaban J connectivity index is 0.00000392. The molecule has 0 spiro atoms. The fourth-order valence-electron chi connectivity index (χ4n) is 2.78. The van der Waals surface area contributed by atoms with E-state index in [2.05, 4.69) is 5.32 Å². The lowest BCUT2D eigenvalue weighted by Gasteiger charge is -2.17. The van der Waals surface area contributed by atoms with Gasteiger partial charge in [-0.25, -0.2) is 5.84 Å². The number of nitrogens with two attached hydrogens (primary N) is 1. The third-order valence-corrected chi connectivity index (χ3v) is 3.95. The molecule has 5 nitrogen and oxygen atoms in total. The minimum atomic E-state index is -4.57. The summed E-state index contributed by atoms with van der Waals surface area (Å²) < 4.78 is 40.5. The van der Waals surface area contributed by atoms with Gasteiger partial charge in [0.1, 0.15) is 0 Å². The van der Waals surface area contributed by atoms with E-state index in [1.165, 1.54) is 25.1 Å². The van der Waals surface area contributed by atoms with E-state index in [1.807, 2.05) is 0 Å². The number of hydrogen-bond donors (Lipinski definition) is 2. The predicted molar refractivity (Wildman–Crippen MR) is 103 cm³/mol. The van der Waals surface area contributed by atoms with Crippen molar-refractivity contribution in [1.82, 2.24) is 5.01 Å². The first kappa shape index (κ1) is 23.5. The number of nitrogens with zero attached hydrogens (tertiary/aromatic N) is 1. The van der Waals surface area contributed by atoms with Crippen molar-refractivity contribution in [3.63, 3.8) is 0 Å². The SMILES string of the molecule is CC(=O)Nc1cccc(CCc2ccc(CN(N)C=O)cc2)c1C(F)(F)F.Cl. The lowest BCUT2D eigenvalue weighted by molar-refractivity contribution is -0.137. The molecule has 2 amide bonds. The number of amides is 2. The zero-order valence-electron chi connectivity index (χ0n) is 15.1. The molecular weight excluding hydrogens is 395 g/mol. The number of aryl methyl sites for hydroxylation is 2. The highest BCUT2D eigenvalue weighted by Gasteiger charge is 2.36. The smallest absolute Gasteiger partial charge is 0.326 e. The van der Waals surface area contributed by atoms with Gasteiger partial charge in [0.25, 0.3) is 0 Å². The number of benzene rings is 2. The van der Waals surface area contributed by atoms with Crippen LogP contribution in [0, 0.1) is 0 Å². The molecule has 0 saturated carbocycles. The van der Waals surface area contributed by atoms with Crippen LogP contribution >= 0.6 is 12.4 Å². The maximum absolute atomic E-state index is 13.5. The van der Waals surface area contributed by atoms with Crippen LogP contribution in [0.1, 0.15) is 29.2 Å². The second-order valence-corrected chi connectivity index (χ2v) is 6.11. The summed E-state index contributed by atoms with van der Waals surface area (Å²) in [5, 5.41) is 3.24. The van der Waals surface area contributed by atoms with Crippen molar-refractivity contribution in [1.29, 1.82) is 0 Å². The van der Waals surface area contributed by atoms with Crippen molar-refractivity contribution in [3.8, 4) is 0 Å². The molecule has 3 N–H and O–H groups in total. The monoisotopic (exact) mass is 415 g/mol. The number of carbonyl (C=O) groups excluding carboxylic acids is 2. The standard InChI is InChI=1S/C19H20F3N3O2.ClH/c1-13(27)24-17-4-2-3-16(18(17)19(20,21)22)10-9-14-5-7-15(8-6-14)11-25(23)12-26;/h2-8,12H,9-11,23H2,1H3,(H,24,27);1H. The third kappa shape index (κ3) is 6.54. The van der Waals surface area contributed by atoms with Crippen molar-refractivity contribution >= 4 is 30.4 Å². The number of rotatable bonds is 7. The highest BCUT2D eigenvalue weighted by Crippen LogP contribution is 2.38. The molecule has 2 aromatic rings. The molecule has 0 aliphatic carbocycles. The summed E-state index contributed by atoms with van der Waals surface area (Å²) >= 11 is 0. The molecule has 2 aromatic carbocycles. The molecule has 0 bridgehead atoms. The zero-order chi connectivity index (χ0) is 20.0. The van der Waals surface area contributed by atoms with Crippen LogP contribution in [0.25, 0.3) is 0 Å². The van der Waals surface area contributed by atoms with Crippen LogP contribution in [-0.4, -0.2) is 17.3 Å². The van der Waals surface area contributed by atoms with Gasteiger partial charge in [-0.15, -0.1) is 12.4 Å². The van der Waals surface area contributed by atoms with E-state index in [1.54, 1.807) is 24.3 Å². The molecule has 0 atom stereocenters. The molecule has 2 rings (SSSR count). The Morgan fingerprint density at radius 2 is 1.71 bits per heavy atom. The summed E-state index contributed by atoms with van der Waals surface area (Å²) in [6.07, 6.45) is -3.50. The van der Waals surface area contributed by atoms with Gasteiger partial charge in [-0.3, -0.25) is 14.6 Å². The van der Waals surface area contributed by atoms with Gasteiger partial charge in [-0.05, 0) is 35.6 Å². The van der Waals surface area contributed by atoms with Gasteiger partial charge in [0.05, 0.1) is 17.8 Å². The van der Waals surface area contributed by atoms with Crippen LogP contribution in [0.2, 0.25) is 0 Å². The van der Waals surface area contributed by atoms with Gasteiger partial charge < -0.3 is 5.32 Å². The van der Waals surface area contributed by atoms with Crippen LogP contribution in [0.5, 0.6) is 0 Å². The first-order chi connectivity index (χ1) is 12.7. The van der Waals surface area contributed by atoms with Crippen molar-refractivity contribution in [2.75, 3.05) is 5.32 Å². The van der Waals surface area contributed by atoms with Gasteiger partial charge in [0, 0.05) is 6.92 Å². The molecule has 0 heterocycles. The summed E-state index contributed by atoms with van der Waals surface area (Å²) in [7, 11) is 0. The summed E-state index contributed by atoms with van der Waals surface area (Å²) in [6, 6.07) is 11.3. The average Bonchev–Trinajstić information content (AvgIpc) is 2.59. The van der Waals surface area contributed by atoms with Crippen molar-refractivity contribution in [2.24, 2.45) is 5.84 Å². The molecule has 0 fully saturated rings. The molecule has 0 aliphatic rings. The normalized spacial score (nSPS) is 10.8. The van der Waals surface area contributed by atoms with Crippen LogP contribution in [-0.2, 0) is 35.2 Å². The van der Waals surface area contributed by atoms with Gasteiger partial charge >= 0.3 is 6.18 Å². The number of hydrogen-bond acceptors (Lipinski definition) is 3. The largest absolute Gasteiger partial charge is 0.418 e. The van der Waals surface area contributed by atoms with Crippen molar-refractivity contribution in [2.45, 2.75) is 32.5 Å². The maximum Gasteiger partial charge on any atom is 0.418 e. The first-order valence-electron chi connectivity index (χ1n) is 8.22. The summed E-state index contributed by atoms with van der Waals surface area (Å²) in [4.78, 5) is 21.7. The number of hydrazine groups is 1. The summed E-state index contributed by atoms with van der Waals surface area (Å²) in [5.41, 5.74) is 0.733. The topological polar surface area (TPSA) is 75.4 Å². The minimum Gasteiger partial charge on any atom is -0.326 e. The van der Waals surface area contributed by atoms with Gasteiger partial charge in [-0.1, -0.05) is 36.4 Å². The highest BCUT2D eigenvalue weighted by molar-refractivity contribution is 5.90. The first-order valence-corrected chi connectivity index (χ1v) is 8.22. The summed E-state index contributed by atoms with van der Waals surface area (Å²) in [6.45, 7) is 1.42. The number of halogens is 4. The van der Waals surface area contributed by atoms with Crippen LogP contribution in [0.15, 0.2) is 42.5 Å². The van der Waals surface area contributed by atoms with E-state index in [0.717, 1.165) is 16.1 Å². The van der Waals surface area contributed by atoms with Gasteiger partial charge in [-0.2, -0.15) is 13.2 Å². The quantitative estimate of drug-likeness (QED) is 0.313. The van der Waals surface area contributed by atoms with E-state index in [-0.39, 0.29) is 36.6 Å². The average molecular weight is 416 g/mol. The van der Waals surface area contributed by atoms with Crippen LogP contribution in [0.3, 0.4) is 0 Å². The summed E-state index contributed by atoms with van der Waals surface area (Å²) in [5.74, 6) is 4.85. The zero-order valence-corrected chi connectivity index (χ0v) is 15.9. The van der Waals surface area contributed by atoms with E-state index < -0.39 is 17.6 Å². The Labute approximate surface area is 167 Å². The van der Waals surface area contributed by atoms with E-state index in [9.17, 15) is 22.8 Å². The van der Waals surface area contributed by atoms with Gasteiger partial charge in [0.2, 0.25) is 12.3 Å². The molecule has 28 heavy (non-hydrogen) atoms.